The van der Waals surface area contributed by atoms with E-state index in [0.29, 0.717) is 45.8 Å². The maximum Gasteiger partial charge on any atom is 0.237 e. The molecule has 9 heteroatoms. The number of amides is 2. The van der Waals surface area contributed by atoms with E-state index in [0.717, 1.165) is 47.4 Å². The Balaban J connectivity index is 1.56. The summed E-state index contributed by atoms with van der Waals surface area (Å²) in [6.07, 6.45) is 1.35. The first-order valence-electron chi connectivity index (χ1n) is 12.6. The fourth-order valence-electron chi connectivity index (χ4n) is 6.15. The maximum absolute atomic E-state index is 13.6. The molecule has 1 N–H and O–H groups in total. The normalized spacial score (nSPS) is 21.8. The van der Waals surface area contributed by atoms with Crippen LogP contribution in [0.2, 0.25) is 0 Å². The Bertz CT molecular complexity index is 1120. The van der Waals surface area contributed by atoms with Crippen molar-refractivity contribution >= 4 is 22.7 Å². The van der Waals surface area contributed by atoms with Gasteiger partial charge in [-0.15, -0.1) is 0 Å². The van der Waals surface area contributed by atoms with Crippen molar-refractivity contribution in [2.24, 2.45) is 7.05 Å². The molecule has 0 radical (unpaired) electrons. The number of morpholine rings is 1. The molecule has 190 valence electrons. The molecule has 1 atom stereocenters. The number of fused-ring (bicyclic) bond motifs is 4. The predicted molar refractivity (Wildman–Crippen MR) is 131 cm³/mol. The first-order chi connectivity index (χ1) is 16.9. The molecule has 2 aromatic rings. The highest BCUT2D eigenvalue weighted by Crippen LogP contribution is 2.49. The zero-order valence-electron chi connectivity index (χ0n) is 21.0. The molecule has 2 saturated heterocycles. The van der Waals surface area contributed by atoms with Gasteiger partial charge in [-0.3, -0.25) is 14.5 Å². The molecule has 1 spiro atoms. The number of aliphatic hydroxyl groups is 1. The number of aryl methyl sites for hydroxylation is 1. The maximum atomic E-state index is 13.6. The highest BCUT2D eigenvalue weighted by Gasteiger charge is 2.55. The Hall–Kier alpha value is -2.62. The highest BCUT2D eigenvalue weighted by molar-refractivity contribution is 5.91. The summed E-state index contributed by atoms with van der Waals surface area (Å²) in [5, 5.41) is 11.7. The standard InChI is InChI=1S/C26H36N4O5/c1-4-5-22(32)29-15-26(16-29)17-30(23(33)13-28-8-10-35-11-9-28)21(14-31)25-24(26)19-7-6-18(34-3)12-20(19)27(25)2/h6-7,12,21,31H,4-5,8-11,13-17H2,1-3H3/t21-/m0/s1. The first kappa shape index (κ1) is 24.1. The Morgan fingerprint density at radius 3 is 2.57 bits per heavy atom. The van der Waals surface area contributed by atoms with Crippen LogP contribution in [0.15, 0.2) is 18.2 Å². The third-order valence-electron chi connectivity index (χ3n) is 7.91. The minimum absolute atomic E-state index is 0.0112. The second-order valence-corrected chi connectivity index (χ2v) is 10.1. The molecule has 35 heavy (non-hydrogen) atoms. The lowest BCUT2D eigenvalue weighted by molar-refractivity contribution is -0.146. The van der Waals surface area contributed by atoms with Crippen LogP contribution in [0, 0.1) is 0 Å². The summed E-state index contributed by atoms with van der Waals surface area (Å²) in [6, 6.07) is 5.60. The Morgan fingerprint density at radius 2 is 1.91 bits per heavy atom. The monoisotopic (exact) mass is 484 g/mol. The molecule has 9 nitrogen and oxygen atoms in total. The Kier molecular flexibility index (Phi) is 6.50. The van der Waals surface area contributed by atoms with E-state index in [1.165, 1.54) is 0 Å². The summed E-state index contributed by atoms with van der Waals surface area (Å²) in [5.41, 5.74) is 2.78. The summed E-state index contributed by atoms with van der Waals surface area (Å²) in [6.45, 7) is 6.55. The number of nitrogens with zero attached hydrogens (tertiary/aromatic N) is 4. The zero-order chi connectivity index (χ0) is 24.7. The van der Waals surface area contributed by atoms with E-state index in [9.17, 15) is 14.7 Å². The number of methoxy groups -OCH3 is 1. The molecule has 5 rings (SSSR count). The molecule has 3 aliphatic heterocycles. The van der Waals surface area contributed by atoms with Crippen molar-refractivity contribution in [2.45, 2.75) is 31.2 Å². The van der Waals surface area contributed by atoms with Crippen molar-refractivity contribution in [3.8, 4) is 5.75 Å². The largest absolute Gasteiger partial charge is 0.497 e. The zero-order valence-corrected chi connectivity index (χ0v) is 21.0. The van der Waals surface area contributed by atoms with Gasteiger partial charge in [0.25, 0.3) is 0 Å². The number of rotatable bonds is 6. The lowest BCUT2D eigenvalue weighted by Crippen LogP contribution is -2.68. The minimum Gasteiger partial charge on any atom is -0.497 e. The summed E-state index contributed by atoms with van der Waals surface area (Å²) < 4.78 is 13.0. The smallest absolute Gasteiger partial charge is 0.237 e. The SMILES string of the molecule is CCCC(=O)N1CC2(C1)CN(C(=O)CN1CCOCC1)[C@@H](CO)c1c2c2ccc(OC)cc2n1C. The molecule has 0 bridgehead atoms. The van der Waals surface area contributed by atoms with E-state index in [1.807, 2.05) is 35.9 Å². The molecular formula is C26H36N4O5. The number of aliphatic hydroxyl groups excluding tert-OH is 1. The average Bonchev–Trinajstić information content (AvgIpc) is 3.14. The number of hydrogen-bond donors (Lipinski definition) is 1. The van der Waals surface area contributed by atoms with Gasteiger partial charge in [0.2, 0.25) is 11.8 Å². The molecule has 0 unspecified atom stereocenters. The van der Waals surface area contributed by atoms with Gasteiger partial charge in [0.05, 0.1) is 50.4 Å². The van der Waals surface area contributed by atoms with Crippen molar-refractivity contribution in [3.63, 3.8) is 0 Å². The lowest BCUT2D eigenvalue weighted by atomic mass is 9.68. The fourth-order valence-corrected chi connectivity index (χ4v) is 6.15. The number of aromatic nitrogens is 1. The molecule has 4 heterocycles. The molecule has 1 aromatic heterocycles. The number of carbonyl (C=O) groups excluding carboxylic acids is 2. The molecule has 2 fully saturated rings. The van der Waals surface area contributed by atoms with Gasteiger partial charge >= 0.3 is 0 Å². The van der Waals surface area contributed by atoms with Gasteiger partial charge in [-0.1, -0.05) is 6.92 Å². The van der Waals surface area contributed by atoms with Gasteiger partial charge in [-0.05, 0) is 24.1 Å². The van der Waals surface area contributed by atoms with Crippen molar-refractivity contribution in [1.29, 1.82) is 0 Å². The van der Waals surface area contributed by atoms with E-state index in [4.69, 9.17) is 9.47 Å². The summed E-state index contributed by atoms with van der Waals surface area (Å²) in [4.78, 5) is 32.2. The van der Waals surface area contributed by atoms with Crippen molar-refractivity contribution in [3.05, 3.63) is 29.5 Å². The average molecular weight is 485 g/mol. The van der Waals surface area contributed by atoms with Crippen LogP contribution in [-0.2, 0) is 26.8 Å². The van der Waals surface area contributed by atoms with Gasteiger partial charge in [0.15, 0.2) is 0 Å². The van der Waals surface area contributed by atoms with Crippen LogP contribution in [0.5, 0.6) is 5.75 Å². The summed E-state index contributed by atoms with van der Waals surface area (Å²) in [5.74, 6) is 0.938. The summed E-state index contributed by atoms with van der Waals surface area (Å²) >= 11 is 0. The second kappa shape index (κ2) is 9.44. The molecule has 1 aromatic carbocycles. The van der Waals surface area contributed by atoms with Crippen molar-refractivity contribution < 1.29 is 24.2 Å². The van der Waals surface area contributed by atoms with Gasteiger partial charge in [-0.25, -0.2) is 0 Å². The number of benzene rings is 1. The first-order valence-corrected chi connectivity index (χ1v) is 12.6. The van der Waals surface area contributed by atoms with Crippen LogP contribution in [-0.4, -0.2) is 102 Å². The Morgan fingerprint density at radius 1 is 1.17 bits per heavy atom. The van der Waals surface area contributed by atoms with E-state index in [1.54, 1.807) is 7.11 Å². The van der Waals surface area contributed by atoms with Gasteiger partial charge in [0.1, 0.15) is 5.75 Å². The molecule has 2 amide bonds. The van der Waals surface area contributed by atoms with Crippen LogP contribution in [0.3, 0.4) is 0 Å². The van der Waals surface area contributed by atoms with E-state index in [-0.39, 0.29) is 23.8 Å². The molecule has 0 saturated carbocycles. The van der Waals surface area contributed by atoms with Crippen molar-refractivity contribution in [1.82, 2.24) is 19.3 Å². The van der Waals surface area contributed by atoms with Gasteiger partial charge in [-0.2, -0.15) is 0 Å². The number of carbonyl (C=O) groups is 2. The van der Waals surface area contributed by atoms with E-state index >= 15 is 0 Å². The minimum atomic E-state index is -0.437. The van der Waals surface area contributed by atoms with Gasteiger partial charge < -0.3 is 28.9 Å². The topological polar surface area (TPSA) is 87.5 Å². The third kappa shape index (κ3) is 3.99. The molecular weight excluding hydrogens is 448 g/mol. The van der Waals surface area contributed by atoms with E-state index in [2.05, 4.69) is 15.5 Å². The summed E-state index contributed by atoms with van der Waals surface area (Å²) in [7, 11) is 3.64. The Labute approximate surface area is 206 Å². The van der Waals surface area contributed by atoms with Crippen LogP contribution in [0.1, 0.15) is 37.1 Å². The number of hydrogen-bond acceptors (Lipinski definition) is 6. The number of likely N-dealkylation sites (tertiary alicyclic amines) is 1. The molecule has 0 aliphatic carbocycles. The third-order valence-corrected chi connectivity index (χ3v) is 7.91. The highest BCUT2D eigenvalue weighted by atomic mass is 16.5. The number of ether oxygens (including phenoxy) is 2. The van der Waals surface area contributed by atoms with Crippen LogP contribution in [0.25, 0.3) is 10.9 Å². The predicted octanol–water partition coefficient (Wildman–Crippen LogP) is 1.27. The molecule has 3 aliphatic rings. The quantitative estimate of drug-likeness (QED) is 0.665. The van der Waals surface area contributed by atoms with Crippen LogP contribution < -0.4 is 4.74 Å². The van der Waals surface area contributed by atoms with Gasteiger partial charge in [0, 0.05) is 63.3 Å². The van der Waals surface area contributed by atoms with Crippen LogP contribution >= 0.6 is 0 Å². The fraction of sp³-hybridized carbons (Fsp3) is 0.615. The van der Waals surface area contributed by atoms with Crippen LogP contribution in [0.4, 0.5) is 0 Å². The van der Waals surface area contributed by atoms with E-state index < -0.39 is 6.04 Å². The second-order valence-electron chi connectivity index (χ2n) is 10.1. The lowest BCUT2D eigenvalue weighted by Gasteiger charge is -2.56. The van der Waals surface area contributed by atoms with Crippen molar-refractivity contribution in [2.75, 3.05) is 66.2 Å².